The summed E-state index contributed by atoms with van der Waals surface area (Å²) in [6.07, 6.45) is 3.15. The van der Waals surface area contributed by atoms with Gasteiger partial charge in [-0.05, 0) is 72.9 Å². The van der Waals surface area contributed by atoms with Crippen LogP contribution in [0.15, 0.2) is 78.9 Å². The molecule has 1 aliphatic rings. The third-order valence-corrected chi connectivity index (χ3v) is 9.35. The number of unbranched alkanes of at least 4 members (excludes halogenated alkanes) is 1. The van der Waals surface area contributed by atoms with Gasteiger partial charge in [0.15, 0.2) is 11.6 Å². The number of hydrogen-bond donors (Lipinski definition) is 5. The number of hydrogen-bond acceptors (Lipinski definition) is 7. The molecule has 0 unspecified atom stereocenters. The lowest BCUT2D eigenvalue weighted by Crippen LogP contribution is -2.47. The Morgan fingerprint density at radius 2 is 1.43 bits per heavy atom. The fourth-order valence-corrected chi connectivity index (χ4v) is 6.54. The molecular formula is C41H53N5O5. The standard InChI is InChI=1S/C41H53N5O5/c1-27(2)19-36(38(48)23-31(15-9-10-18-42)40(50)44-26-30-16-17-35-32(21-30)25-39(49)45-35)46-41(51)33(20-28-11-5-3-6-12-28)24-37(47)34(43)22-29-13-7-4-8-14-29/h3-8,11-14,16-17,21,27,31,33-34,36H,9-10,15,18-20,22-26,42-43H2,1-2H3,(H,44,50)(H,45,49)(H,46,51)/t31-,33-,34+,36+/m0/s1. The first kappa shape index (κ1) is 39.1. The predicted octanol–water partition coefficient (Wildman–Crippen LogP) is 4.42. The van der Waals surface area contributed by atoms with E-state index in [9.17, 15) is 24.0 Å². The lowest BCUT2D eigenvalue weighted by Gasteiger charge is -2.25. The second kappa shape index (κ2) is 19.7. The van der Waals surface area contributed by atoms with Gasteiger partial charge >= 0.3 is 0 Å². The Morgan fingerprint density at radius 3 is 2.08 bits per heavy atom. The normalized spacial score (nSPS) is 14.6. The number of anilines is 1. The highest BCUT2D eigenvalue weighted by molar-refractivity contribution is 5.99. The zero-order chi connectivity index (χ0) is 36.8. The summed E-state index contributed by atoms with van der Waals surface area (Å²) in [6, 6.07) is 23.0. The lowest BCUT2D eigenvalue weighted by atomic mass is 9.87. The van der Waals surface area contributed by atoms with Crippen molar-refractivity contribution in [3.05, 3.63) is 101 Å². The molecule has 1 heterocycles. The van der Waals surface area contributed by atoms with E-state index in [0.29, 0.717) is 45.1 Å². The molecule has 0 spiro atoms. The number of carbonyl (C=O) groups is 5. The van der Waals surface area contributed by atoms with Crippen LogP contribution in [0.1, 0.15) is 74.6 Å². The molecule has 10 nitrogen and oxygen atoms in total. The van der Waals surface area contributed by atoms with Gasteiger partial charge in [0, 0.05) is 36.9 Å². The van der Waals surface area contributed by atoms with E-state index in [4.69, 9.17) is 11.5 Å². The van der Waals surface area contributed by atoms with Crippen molar-refractivity contribution >= 4 is 35.0 Å². The van der Waals surface area contributed by atoms with Crippen molar-refractivity contribution in [3.8, 4) is 0 Å². The van der Waals surface area contributed by atoms with Crippen LogP contribution < -0.4 is 27.4 Å². The Balaban J connectivity index is 1.45. The van der Waals surface area contributed by atoms with E-state index in [1.165, 1.54) is 0 Å². The van der Waals surface area contributed by atoms with E-state index in [1.807, 2.05) is 92.7 Å². The molecule has 3 aromatic carbocycles. The largest absolute Gasteiger partial charge is 0.352 e. The van der Waals surface area contributed by atoms with Crippen LogP contribution in [-0.2, 0) is 49.8 Å². The average molecular weight is 696 g/mol. The fourth-order valence-electron chi connectivity index (χ4n) is 6.54. The third kappa shape index (κ3) is 12.6. The number of amides is 3. The number of fused-ring (bicyclic) bond motifs is 1. The van der Waals surface area contributed by atoms with Crippen molar-refractivity contribution in [3.63, 3.8) is 0 Å². The number of Topliss-reactive ketones (excluding diaryl/α,β-unsaturated/α-hetero) is 2. The topological polar surface area (TPSA) is 173 Å². The van der Waals surface area contributed by atoms with Gasteiger partial charge in [-0.2, -0.15) is 0 Å². The van der Waals surface area contributed by atoms with E-state index in [-0.39, 0.29) is 54.6 Å². The Kier molecular flexibility index (Phi) is 15.1. The summed E-state index contributed by atoms with van der Waals surface area (Å²) in [7, 11) is 0. The van der Waals surface area contributed by atoms with E-state index >= 15 is 0 Å². The van der Waals surface area contributed by atoms with Crippen LogP contribution in [0.3, 0.4) is 0 Å². The monoisotopic (exact) mass is 695 g/mol. The highest BCUT2D eigenvalue weighted by Crippen LogP contribution is 2.24. The second-order valence-corrected chi connectivity index (χ2v) is 14.1. The summed E-state index contributed by atoms with van der Waals surface area (Å²) in [6.45, 7) is 4.69. The highest BCUT2D eigenvalue weighted by atomic mass is 16.2. The molecule has 4 atom stereocenters. The van der Waals surface area contributed by atoms with Crippen LogP contribution in [0.25, 0.3) is 0 Å². The third-order valence-electron chi connectivity index (χ3n) is 9.35. The highest BCUT2D eigenvalue weighted by Gasteiger charge is 2.32. The van der Waals surface area contributed by atoms with Gasteiger partial charge in [0.2, 0.25) is 17.7 Å². The van der Waals surface area contributed by atoms with E-state index in [0.717, 1.165) is 34.4 Å². The maximum Gasteiger partial charge on any atom is 0.228 e. The molecule has 0 bridgehead atoms. The molecule has 0 aromatic heterocycles. The molecule has 0 saturated carbocycles. The number of benzene rings is 3. The van der Waals surface area contributed by atoms with Crippen molar-refractivity contribution in [1.82, 2.24) is 10.6 Å². The van der Waals surface area contributed by atoms with Crippen LogP contribution in [0, 0.1) is 17.8 Å². The summed E-state index contributed by atoms with van der Waals surface area (Å²) < 4.78 is 0. The SMILES string of the molecule is CC(C)C[C@@H](NC(=O)[C@H](CC(=O)[C@H](N)Cc1ccccc1)Cc1ccccc1)C(=O)C[C@H](CCCCN)C(=O)NCc1ccc2c(c1)CC(=O)N2. The number of nitrogens with two attached hydrogens (primary N) is 2. The number of rotatable bonds is 21. The van der Waals surface area contributed by atoms with Crippen molar-refractivity contribution in [2.75, 3.05) is 11.9 Å². The van der Waals surface area contributed by atoms with Gasteiger partial charge in [-0.25, -0.2) is 0 Å². The van der Waals surface area contributed by atoms with Crippen LogP contribution in [0.2, 0.25) is 0 Å². The van der Waals surface area contributed by atoms with Gasteiger partial charge in [-0.1, -0.05) is 93.1 Å². The summed E-state index contributed by atoms with van der Waals surface area (Å²) in [5.74, 6) is -2.38. The fraction of sp³-hybridized carbons (Fsp3) is 0.439. The minimum Gasteiger partial charge on any atom is -0.352 e. The predicted molar refractivity (Wildman–Crippen MR) is 199 cm³/mol. The minimum atomic E-state index is -0.824. The first-order valence-corrected chi connectivity index (χ1v) is 18.1. The van der Waals surface area contributed by atoms with Gasteiger partial charge in [-0.15, -0.1) is 0 Å². The Labute approximate surface area is 301 Å². The molecule has 0 saturated heterocycles. The van der Waals surface area contributed by atoms with Gasteiger partial charge in [-0.3, -0.25) is 24.0 Å². The maximum atomic E-state index is 14.0. The Hall–Kier alpha value is -4.67. The summed E-state index contributed by atoms with van der Waals surface area (Å²) in [4.78, 5) is 66.6. The first-order chi connectivity index (χ1) is 24.5. The number of nitrogens with one attached hydrogen (secondary N) is 3. The number of carbonyl (C=O) groups excluding carboxylic acids is 5. The Bertz CT molecular complexity index is 1630. The van der Waals surface area contributed by atoms with E-state index in [1.54, 1.807) is 0 Å². The van der Waals surface area contributed by atoms with Gasteiger partial charge in [0.1, 0.15) is 0 Å². The van der Waals surface area contributed by atoms with Gasteiger partial charge < -0.3 is 27.4 Å². The van der Waals surface area contributed by atoms with Gasteiger partial charge in [0.05, 0.1) is 18.5 Å². The van der Waals surface area contributed by atoms with Gasteiger partial charge in [0.25, 0.3) is 0 Å². The molecule has 3 aromatic rings. The van der Waals surface area contributed by atoms with Crippen LogP contribution >= 0.6 is 0 Å². The quantitative estimate of drug-likeness (QED) is 0.103. The van der Waals surface area contributed by atoms with Crippen LogP contribution in [-0.4, -0.2) is 47.9 Å². The van der Waals surface area contributed by atoms with Crippen LogP contribution in [0.4, 0.5) is 5.69 Å². The van der Waals surface area contributed by atoms with E-state index in [2.05, 4.69) is 16.0 Å². The lowest BCUT2D eigenvalue weighted by molar-refractivity contribution is -0.134. The van der Waals surface area contributed by atoms with Crippen LogP contribution in [0.5, 0.6) is 0 Å². The molecule has 7 N–H and O–H groups in total. The molecule has 1 aliphatic heterocycles. The molecule has 3 amide bonds. The molecule has 0 radical (unpaired) electrons. The first-order valence-electron chi connectivity index (χ1n) is 18.1. The molecule has 272 valence electrons. The second-order valence-electron chi connectivity index (χ2n) is 14.1. The van der Waals surface area contributed by atoms with Crippen molar-refractivity contribution < 1.29 is 24.0 Å². The molecule has 10 heteroatoms. The van der Waals surface area contributed by atoms with Crippen molar-refractivity contribution in [1.29, 1.82) is 0 Å². The maximum absolute atomic E-state index is 14.0. The Morgan fingerprint density at radius 1 is 0.784 bits per heavy atom. The molecule has 0 aliphatic carbocycles. The zero-order valence-electron chi connectivity index (χ0n) is 29.9. The van der Waals surface area contributed by atoms with Crippen molar-refractivity contribution in [2.24, 2.45) is 29.2 Å². The molecule has 4 rings (SSSR count). The minimum absolute atomic E-state index is 0.0408. The molecule has 0 fully saturated rings. The molecule has 51 heavy (non-hydrogen) atoms. The average Bonchev–Trinajstić information content (AvgIpc) is 3.49. The van der Waals surface area contributed by atoms with Crippen molar-refractivity contribution in [2.45, 2.75) is 90.3 Å². The molecular weight excluding hydrogens is 642 g/mol. The smallest absolute Gasteiger partial charge is 0.228 e. The summed E-state index contributed by atoms with van der Waals surface area (Å²) >= 11 is 0. The summed E-state index contributed by atoms with van der Waals surface area (Å²) in [5, 5.41) is 8.79. The zero-order valence-corrected chi connectivity index (χ0v) is 29.9. The number of ketones is 2. The van der Waals surface area contributed by atoms with E-state index < -0.39 is 23.9 Å². The summed E-state index contributed by atoms with van der Waals surface area (Å²) in [5.41, 5.74) is 16.4.